The van der Waals surface area contributed by atoms with Crippen molar-refractivity contribution in [1.29, 1.82) is 0 Å². The Hall–Kier alpha value is -2.74. The lowest BCUT2D eigenvalue weighted by molar-refractivity contribution is -0.140. The van der Waals surface area contributed by atoms with Gasteiger partial charge in [-0.15, -0.1) is 5.10 Å². The molecule has 3 heterocycles. The third-order valence-electron chi connectivity index (χ3n) is 5.35. The molecule has 1 atom stereocenters. The molecule has 1 aliphatic rings. The highest BCUT2D eigenvalue weighted by atomic mass is 35.5. The van der Waals surface area contributed by atoms with Crippen LogP contribution in [0.4, 0.5) is 0 Å². The molecule has 30 heavy (non-hydrogen) atoms. The molecule has 0 bridgehead atoms. The first kappa shape index (κ1) is 20.5. The normalized spacial score (nSPS) is 17.5. The van der Waals surface area contributed by atoms with Crippen LogP contribution in [-0.4, -0.2) is 48.9 Å². The predicted octanol–water partition coefficient (Wildman–Crippen LogP) is 2.97. The van der Waals surface area contributed by atoms with Gasteiger partial charge in [-0.3, -0.25) is 9.59 Å². The fourth-order valence-electron chi connectivity index (χ4n) is 3.85. The number of carbonyl (C=O) groups excluding carboxylic acids is 1. The molecule has 3 aromatic rings. The van der Waals surface area contributed by atoms with Crippen molar-refractivity contribution in [3.8, 4) is 0 Å². The average Bonchev–Trinajstić information content (AvgIpc) is 3.10. The van der Waals surface area contributed by atoms with E-state index in [1.54, 1.807) is 10.7 Å². The number of H-pyrrole nitrogens is 1. The number of nitrogens with zero attached hydrogens (tertiary/aromatic N) is 5. The van der Waals surface area contributed by atoms with Crippen LogP contribution in [-0.2, 0) is 11.3 Å². The van der Waals surface area contributed by atoms with Crippen LogP contribution in [0.5, 0.6) is 0 Å². The van der Waals surface area contributed by atoms with Crippen LogP contribution in [0.1, 0.15) is 50.9 Å². The third-order valence-corrected chi connectivity index (χ3v) is 5.59. The lowest BCUT2D eigenvalue weighted by Gasteiger charge is -2.36. The maximum absolute atomic E-state index is 12.7. The number of carbonyl (C=O) groups is 1. The molecule has 1 amide bonds. The second-order valence-corrected chi connectivity index (χ2v) is 9.28. The number of amides is 1. The first-order valence-electron chi connectivity index (χ1n) is 10.1. The number of piperidine rings is 1. The van der Waals surface area contributed by atoms with Gasteiger partial charge >= 0.3 is 0 Å². The molecule has 1 N–H and O–H groups in total. The summed E-state index contributed by atoms with van der Waals surface area (Å²) in [5.74, 6) is 0.661. The van der Waals surface area contributed by atoms with Gasteiger partial charge in [0.25, 0.3) is 5.56 Å². The minimum absolute atomic E-state index is 0.0309. The van der Waals surface area contributed by atoms with Crippen LogP contribution in [0.2, 0.25) is 5.02 Å². The monoisotopic (exact) mass is 428 g/mol. The fourth-order valence-corrected chi connectivity index (χ4v) is 4.06. The summed E-state index contributed by atoms with van der Waals surface area (Å²) >= 11 is 6.08. The van der Waals surface area contributed by atoms with Crippen LogP contribution < -0.4 is 5.56 Å². The highest BCUT2D eigenvalue weighted by Gasteiger charge is 2.32. The standard InChI is InChI=1S/C21H25ClN6O2/c1-21(2,3)20(30)27-9-5-7-14(12-27)17-23-18-16(19(29)24-17)25-26-28(18)11-13-6-4-8-15(22)10-13/h4,6,8,10,14H,5,7,9,11-12H2,1-3H3,(H,23,24,29)/t14-/m0/s1. The van der Waals surface area contributed by atoms with Gasteiger partial charge in [-0.2, -0.15) is 0 Å². The average molecular weight is 429 g/mol. The largest absolute Gasteiger partial charge is 0.342 e. The molecule has 1 fully saturated rings. The van der Waals surface area contributed by atoms with E-state index in [0.29, 0.717) is 29.6 Å². The van der Waals surface area contributed by atoms with E-state index >= 15 is 0 Å². The van der Waals surface area contributed by atoms with Crippen molar-refractivity contribution >= 4 is 28.7 Å². The number of halogens is 1. The minimum Gasteiger partial charge on any atom is -0.342 e. The number of benzene rings is 1. The van der Waals surface area contributed by atoms with Gasteiger partial charge in [0.05, 0.1) is 6.54 Å². The molecule has 158 valence electrons. The van der Waals surface area contributed by atoms with Gasteiger partial charge in [0, 0.05) is 29.4 Å². The van der Waals surface area contributed by atoms with Crippen molar-refractivity contribution < 1.29 is 4.79 Å². The Morgan fingerprint density at radius 1 is 1.33 bits per heavy atom. The number of aromatic amines is 1. The number of rotatable bonds is 3. The van der Waals surface area contributed by atoms with Gasteiger partial charge < -0.3 is 9.88 Å². The third kappa shape index (κ3) is 4.09. The zero-order chi connectivity index (χ0) is 21.5. The molecule has 2 aromatic heterocycles. The summed E-state index contributed by atoms with van der Waals surface area (Å²) in [6.45, 7) is 7.45. The quantitative estimate of drug-likeness (QED) is 0.691. The summed E-state index contributed by atoms with van der Waals surface area (Å²) in [6, 6.07) is 7.45. The van der Waals surface area contributed by atoms with Crippen LogP contribution in [0.3, 0.4) is 0 Å². The van der Waals surface area contributed by atoms with Crippen LogP contribution >= 0.6 is 11.6 Å². The smallest absolute Gasteiger partial charge is 0.281 e. The molecule has 0 saturated carbocycles. The number of fused-ring (bicyclic) bond motifs is 1. The molecule has 1 saturated heterocycles. The van der Waals surface area contributed by atoms with Crippen molar-refractivity contribution in [1.82, 2.24) is 29.9 Å². The maximum Gasteiger partial charge on any atom is 0.281 e. The molecule has 8 nitrogen and oxygen atoms in total. The van der Waals surface area contributed by atoms with E-state index in [1.807, 2.05) is 43.9 Å². The van der Waals surface area contributed by atoms with Crippen LogP contribution in [0, 0.1) is 5.41 Å². The van der Waals surface area contributed by atoms with Crippen molar-refractivity contribution in [2.45, 2.75) is 46.1 Å². The molecule has 0 spiro atoms. The van der Waals surface area contributed by atoms with E-state index in [4.69, 9.17) is 16.6 Å². The molecule has 1 aliphatic heterocycles. The Balaban J connectivity index is 1.65. The Morgan fingerprint density at radius 3 is 2.87 bits per heavy atom. The Kier molecular flexibility index (Phi) is 5.36. The second kappa shape index (κ2) is 7.83. The van der Waals surface area contributed by atoms with Gasteiger partial charge in [0.15, 0.2) is 11.2 Å². The van der Waals surface area contributed by atoms with Crippen molar-refractivity contribution in [2.24, 2.45) is 5.41 Å². The van der Waals surface area contributed by atoms with Crippen LogP contribution in [0.15, 0.2) is 29.1 Å². The molecule has 0 radical (unpaired) electrons. The van der Waals surface area contributed by atoms with Crippen molar-refractivity contribution in [3.63, 3.8) is 0 Å². The number of hydrogen-bond donors (Lipinski definition) is 1. The highest BCUT2D eigenvalue weighted by Crippen LogP contribution is 2.28. The SMILES string of the molecule is CC(C)(C)C(=O)N1CCC[C@H](c2nc3c(nnn3Cc3cccc(Cl)c3)c(=O)[nH]2)C1. The topological polar surface area (TPSA) is 96.8 Å². The van der Waals surface area contributed by atoms with Gasteiger partial charge in [-0.25, -0.2) is 9.67 Å². The first-order chi connectivity index (χ1) is 14.2. The maximum atomic E-state index is 12.7. The highest BCUT2D eigenvalue weighted by molar-refractivity contribution is 6.30. The molecule has 9 heteroatoms. The number of nitrogens with one attached hydrogen (secondary N) is 1. The van der Waals surface area contributed by atoms with Gasteiger partial charge in [-0.05, 0) is 30.5 Å². The number of likely N-dealkylation sites (tertiary alicyclic amines) is 1. The van der Waals surface area contributed by atoms with E-state index in [1.165, 1.54) is 0 Å². The molecule has 0 unspecified atom stereocenters. The first-order valence-corrected chi connectivity index (χ1v) is 10.5. The Labute approximate surface area is 179 Å². The Morgan fingerprint density at radius 2 is 2.13 bits per heavy atom. The lowest BCUT2D eigenvalue weighted by atomic mass is 9.91. The van der Waals surface area contributed by atoms with Crippen molar-refractivity contribution in [3.05, 3.63) is 51.0 Å². The molecule has 4 rings (SSSR count). The molecule has 1 aromatic carbocycles. The van der Waals surface area contributed by atoms with E-state index in [2.05, 4.69) is 15.3 Å². The predicted molar refractivity (Wildman–Crippen MR) is 115 cm³/mol. The summed E-state index contributed by atoms with van der Waals surface area (Å²) < 4.78 is 1.61. The number of aromatic nitrogens is 5. The Bertz CT molecular complexity index is 1150. The summed E-state index contributed by atoms with van der Waals surface area (Å²) in [6.07, 6.45) is 1.73. The molecule has 0 aliphatic carbocycles. The van der Waals surface area contributed by atoms with Crippen molar-refractivity contribution in [2.75, 3.05) is 13.1 Å². The fraction of sp³-hybridized carbons (Fsp3) is 0.476. The van der Waals surface area contributed by atoms with Gasteiger partial charge in [0.1, 0.15) is 5.82 Å². The van der Waals surface area contributed by atoms with E-state index in [-0.39, 0.29) is 22.9 Å². The zero-order valence-corrected chi connectivity index (χ0v) is 18.1. The summed E-state index contributed by atoms with van der Waals surface area (Å²) in [5, 5.41) is 8.76. The minimum atomic E-state index is -0.438. The molecular formula is C21H25ClN6O2. The lowest BCUT2D eigenvalue weighted by Crippen LogP contribution is -2.45. The summed E-state index contributed by atoms with van der Waals surface area (Å²) in [7, 11) is 0. The van der Waals surface area contributed by atoms with Gasteiger partial charge in [0.2, 0.25) is 5.91 Å². The van der Waals surface area contributed by atoms with E-state index < -0.39 is 5.41 Å². The molecular weight excluding hydrogens is 404 g/mol. The van der Waals surface area contributed by atoms with E-state index in [9.17, 15) is 9.59 Å². The summed E-state index contributed by atoms with van der Waals surface area (Å²) in [4.78, 5) is 34.8. The second-order valence-electron chi connectivity index (χ2n) is 8.84. The van der Waals surface area contributed by atoms with Gasteiger partial charge in [-0.1, -0.05) is 49.7 Å². The van der Waals surface area contributed by atoms with Crippen LogP contribution in [0.25, 0.3) is 11.2 Å². The number of hydrogen-bond acceptors (Lipinski definition) is 5. The van der Waals surface area contributed by atoms with E-state index in [0.717, 1.165) is 24.9 Å². The summed E-state index contributed by atoms with van der Waals surface area (Å²) in [5.41, 5.74) is 0.836. The zero-order valence-electron chi connectivity index (χ0n) is 17.4.